The number of hydrogen-bond acceptors (Lipinski definition) is 3. The maximum atomic E-state index is 14.0. The minimum Gasteiger partial charge on any atom is -0.340 e. The summed E-state index contributed by atoms with van der Waals surface area (Å²) in [4.78, 5) is 12.4. The zero-order valence-electron chi connectivity index (χ0n) is 16.8. The van der Waals surface area contributed by atoms with Gasteiger partial charge in [-0.1, -0.05) is 0 Å². The number of nitrogens with one attached hydrogen (secondary N) is 1. The zero-order chi connectivity index (χ0) is 22.5. The fourth-order valence-corrected chi connectivity index (χ4v) is 4.63. The molecule has 9 heteroatoms. The van der Waals surface area contributed by atoms with Gasteiger partial charge < -0.3 is 4.98 Å². The zero-order valence-corrected chi connectivity index (χ0v) is 16.8. The second kappa shape index (κ2) is 7.81. The molecule has 1 fully saturated rings. The summed E-state index contributed by atoms with van der Waals surface area (Å²) < 4.78 is 69.4. The Labute approximate surface area is 180 Å². The molecule has 1 unspecified atom stereocenters. The molecule has 1 aliphatic rings. The number of pyridine rings is 1. The minimum atomic E-state index is -4.55. The lowest BCUT2D eigenvalue weighted by atomic mass is 9.87. The molecule has 1 aliphatic heterocycles. The first-order valence-electron chi connectivity index (χ1n) is 10.3. The molecule has 1 N–H and O–H groups in total. The van der Waals surface area contributed by atoms with Crippen LogP contribution in [-0.4, -0.2) is 39.1 Å². The summed E-state index contributed by atoms with van der Waals surface area (Å²) in [5, 5.41) is 0.692. The van der Waals surface area contributed by atoms with E-state index in [0.29, 0.717) is 23.7 Å². The van der Waals surface area contributed by atoms with Crippen molar-refractivity contribution in [3.63, 3.8) is 0 Å². The Kier molecular flexibility index (Phi) is 5.08. The van der Waals surface area contributed by atoms with Crippen molar-refractivity contribution in [2.45, 2.75) is 31.0 Å². The van der Waals surface area contributed by atoms with Crippen LogP contribution >= 0.6 is 0 Å². The first-order chi connectivity index (χ1) is 15.3. The number of nitrogens with zero attached hydrogens (tertiary/aromatic N) is 3. The Hall–Kier alpha value is -3.07. The maximum absolute atomic E-state index is 14.0. The molecule has 2 aromatic heterocycles. The number of aromatic amines is 1. The number of piperidine rings is 1. The lowest BCUT2D eigenvalue weighted by Gasteiger charge is -2.37. The summed E-state index contributed by atoms with van der Waals surface area (Å²) >= 11 is 0. The van der Waals surface area contributed by atoms with Crippen LogP contribution in [0.15, 0.2) is 48.7 Å². The molecule has 0 aliphatic carbocycles. The van der Waals surface area contributed by atoms with Gasteiger partial charge in [-0.15, -0.1) is 0 Å². The van der Waals surface area contributed by atoms with Gasteiger partial charge in [-0.2, -0.15) is 13.2 Å². The third-order valence-corrected chi connectivity index (χ3v) is 6.10. The molecule has 0 radical (unpaired) electrons. The monoisotopic (exact) mass is 446 g/mol. The second-order valence-electron chi connectivity index (χ2n) is 8.10. The van der Waals surface area contributed by atoms with Gasteiger partial charge in [0.05, 0.1) is 16.6 Å². The van der Waals surface area contributed by atoms with Crippen molar-refractivity contribution in [2.24, 2.45) is 0 Å². The normalized spacial score (nSPS) is 17.3. The lowest BCUT2D eigenvalue weighted by molar-refractivity contribution is -0.191. The first-order valence-corrected chi connectivity index (χ1v) is 10.3. The van der Waals surface area contributed by atoms with Gasteiger partial charge in [0.25, 0.3) is 0 Å². The van der Waals surface area contributed by atoms with Crippen LogP contribution < -0.4 is 0 Å². The van der Waals surface area contributed by atoms with Crippen LogP contribution in [0.2, 0.25) is 0 Å². The van der Waals surface area contributed by atoms with Crippen LogP contribution in [0.1, 0.15) is 36.2 Å². The van der Waals surface area contributed by atoms with E-state index in [2.05, 4.69) is 15.0 Å². The van der Waals surface area contributed by atoms with Crippen molar-refractivity contribution in [3.05, 3.63) is 71.7 Å². The Balaban J connectivity index is 1.41. The number of halogens is 5. The van der Waals surface area contributed by atoms with Gasteiger partial charge in [-0.3, -0.25) is 9.88 Å². The standard InChI is InChI=1S/C23H19F5N4/c24-14-1-3-18-17(11-14)16(5-8-29-18)13-6-9-32(10-7-13)21(23(26,27)28)22-30-19-4-2-15(25)12-20(19)31-22/h1-5,8,11-13,21H,6-7,9-10H2,(H,30,31). The van der Waals surface area contributed by atoms with E-state index in [-0.39, 0.29) is 41.7 Å². The van der Waals surface area contributed by atoms with E-state index >= 15 is 0 Å². The minimum absolute atomic E-state index is 0.00259. The Morgan fingerprint density at radius 3 is 2.34 bits per heavy atom. The average molecular weight is 446 g/mol. The number of aromatic nitrogens is 3. The summed E-state index contributed by atoms with van der Waals surface area (Å²) in [6.07, 6.45) is -1.94. The van der Waals surface area contributed by atoms with Crippen molar-refractivity contribution in [3.8, 4) is 0 Å². The first kappa shape index (κ1) is 20.8. The van der Waals surface area contributed by atoms with Crippen molar-refractivity contribution < 1.29 is 22.0 Å². The van der Waals surface area contributed by atoms with Gasteiger partial charge in [0.15, 0.2) is 6.04 Å². The summed E-state index contributed by atoms with van der Waals surface area (Å²) in [5.41, 5.74) is 2.08. The molecule has 0 amide bonds. The molecule has 0 saturated carbocycles. The summed E-state index contributed by atoms with van der Waals surface area (Å²) in [6.45, 7) is 0.388. The summed E-state index contributed by atoms with van der Waals surface area (Å²) in [6, 6.07) is 7.95. The SMILES string of the molecule is Fc1ccc2nc(C(N3CCC(c4ccnc5ccc(F)cc45)CC3)C(F)(F)F)[nH]c2c1. The van der Waals surface area contributed by atoms with Gasteiger partial charge in [0.1, 0.15) is 17.5 Å². The topological polar surface area (TPSA) is 44.8 Å². The van der Waals surface area contributed by atoms with Gasteiger partial charge in [0, 0.05) is 11.6 Å². The maximum Gasteiger partial charge on any atom is 0.411 e. The number of H-pyrrole nitrogens is 1. The molecule has 1 atom stereocenters. The number of imidazole rings is 1. The Morgan fingerprint density at radius 2 is 1.62 bits per heavy atom. The molecule has 5 rings (SSSR count). The Morgan fingerprint density at radius 1 is 0.938 bits per heavy atom. The molecule has 0 spiro atoms. The number of hydrogen-bond donors (Lipinski definition) is 1. The largest absolute Gasteiger partial charge is 0.411 e. The average Bonchev–Trinajstić information content (AvgIpc) is 3.15. The van der Waals surface area contributed by atoms with E-state index < -0.39 is 18.0 Å². The highest BCUT2D eigenvalue weighted by molar-refractivity contribution is 5.82. The molecule has 2 aromatic carbocycles. The van der Waals surface area contributed by atoms with Crippen LogP contribution in [0.5, 0.6) is 0 Å². The Bertz CT molecular complexity index is 1270. The molecule has 4 nitrogen and oxygen atoms in total. The van der Waals surface area contributed by atoms with Crippen molar-refractivity contribution >= 4 is 21.9 Å². The lowest BCUT2D eigenvalue weighted by Crippen LogP contribution is -2.43. The number of benzene rings is 2. The highest BCUT2D eigenvalue weighted by Gasteiger charge is 2.47. The van der Waals surface area contributed by atoms with Gasteiger partial charge in [-0.05, 0) is 79.9 Å². The third kappa shape index (κ3) is 3.81. The van der Waals surface area contributed by atoms with Crippen LogP contribution in [0, 0.1) is 11.6 Å². The van der Waals surface area contributed by atoms with Crippen LogP contribution in [-0.2, 0) is 0 Å². The van der Waals surface area contributed by atoms with E-state index in [1.54, 1.807) is 12.3 Å². The molecule has 32 heavy (non-hydrogen) atoms. The van der Waals surface area contributed by atoms with Gasteiger partial charge in [-0.25, -0.2) is 13.8 Å². The fraction of sp³-hybridized carbons (Fsp3) is 0.304. The molecule has 1 saturated heterocycles. The fourth-order valence-electron chi connectivity index (χ4n) is 4.63. The predicted molar refractivity (Wildman–Crippen MR) is 110 cm³/mol. The van der Waals surface area contributed by atoms with E-state index in [9.17, 15) is 22.0 Å². The summed E-state index contributed by atoms with van der Waals surface area (Å²) in [5.74, 6) is -1.16. The van der Waals surface area contributed by atoms with Gasteiger partial charge >= 0.3 is 6.18 Å². The molecule has 0 bridgehead atoms. The number of fused-ring (bicyclic) bond motifs is 2. The highest BCUT2D eigenvalue weighted by Crippen LogP contribution is 2.41. The molecular weight excluding hydrogens is 427 g/mol. The van der Waals surface area contributed by atoms with Crippen LogP contribution in [0.4, 0.5) is 22.0 Å². The van der Waals surface area contributed by atoms with Crippen LogP contribution in [0.3, 0.4) is 0 Å². The van der Waals surface area contributed by atoms with Crippen molar-refractivity contribution in [2.75, 3.05) is 13.1 Å². The van der Waals surface area contributed by atoms with E-state index in [0.717, 1.165) is 11.6 Å². The van der Waals surface area contributed by atoms with Gasteiger partial charge in [0.2, 0.25) is 0 Å². The van der Waals surface area contributed by atoms with E-state index in [1.807, 2.05) is 6.07 Å². The smallest absolute Gasteiger partial charge is 0.340 e. The van der Waals surface area contributed by atoms with E-state index in [1.165, 1.54) is 29.2 Å². The quantitative estimate of drug-likeness (QED) is 0.400. The second-order valence-corrected chi connectivity index (χ2v) is 8.10. The molecular formula is C23H19F5N4. The highest BCUT2D eigenvalue weighted by atomic mass is 19.4. The number of alkyl halides is 3. The molecule has 3 heterocycles. The third-order valence-electron chi connectivity index (χ3n) is 6.10. The predicted octanol–water partition coefficient (Wildman–Crippen LogP) is 5.87. The summed E-state index contributed by atoms with van der Waals surface area (Å²) in [7, 11) is 0. The molecule has 166 valence electrons. The number of likely N-dealkylation sites (tertiary alicyclic amines) is 1. The molecule has 4 aromatic rings. The van der Waals surface area contributed by atoms with E-state index in [4.69, 9.17) is 0 Å². The van der Waals surface area contributed by atoms with Crippen molar-refractivity contribution in [1.82, 2.24) is 19.9 Å². The van der Waals surface area contributed by atoms with Crippen LogP contribution in [0.25, 0.3) is 21.9 Å². The number of rotatable bonds is 3. The van der Waals surface area contributed by atoms with Crippen molar-refractivity contribution in [1.29, 1.82) is 0 Å².